The fourth-order valence-electron chi connectivity index (χ4n) is 2.76. The van der Waals surface area contributed by atoms with Crippen molar-refractivity contribution in [3.63, 3.8) is 0 Å². The van der Waals surface area contributed by atoms with Gasteiger partial charge in [-0.05, 0) is 41.1 Å². The minimum Gasteiger partial charge on any atom is -0.392 e. The van der Waals surface area contributed by atoms with Gasteiger partial charge in [-0.25, -0.2) is 0 Å². The van der Waals surface area contributed by atoms with E-state index in [2.05, 4.69) is 10.2 Å². The average Bonchev–Trinajstić information content (AvgIpc) is 3.16. The molecule has 2 heterocycles. The van der Waals surface area contributed by atoms with E-state index in [1.807, 2.05) is 35.7 Å². The van der Waals surface area contributed by atoms with Gasteiger partial charge in [0.1, 0.15) is 0 Å². The molecule has 1 aliphatic heterocycles. The highest BCUT2D eigenvalue weighted by atomic mass is 32.1. The third-order valence-corrected chi connectivity index (χ3v) is 4.93. The fourth-order valence-corrected chi connectivity index (χ4v) is 3.58. The number of likely N-dealkylation sites (tertiary alicyclic amines) is 1. The Morgan fingerprint density at radius 1 is 1.39 bits per heavy atom. The van der Waals surface area contributed by atoms with Gasteiger partial charge in [0.25, 0.3) is 5.91 Å². The van der Waals surface area contributed by atoms with Crippen LogP contribution in [0, 0.1) is 0 Å². The van der Waals surface area contributed by atoms with Gasteiger partial charge < -0.3 is 16.2 Å². The number of anilines is 1. The van der Waals surface area contributed by atoms with Crippen molar-refractivity contribution in [2.75, 3.05) is 18.4 Å². The summed E-state index contributed by atoms with van der Waals surface area (Å²) in [4.78, 5) is 15.1. The summed E-state index contributed by atoms with van der Waals surface area (Å²) < 4.78 is 0. The molecule has 122 valence electrons. The number of aliphatic hydroxyl groups is 1. The predicted molar refractivity (Wildman–Crippen MR) is 92.5 cm³/mol. The molecule has 0 spiro atoms. The van der Waals surface area contributed by atoms with E-state index in [0.717, 1.165) is 36.3 Å². The second-order valence-corrected chi connectivity index (χ2v) is 6.77. The van der Waals surface area contributed by atoms with Crippen LogP contribution in [0.15, 0.2) is 35.7 Å². The zero-order valence-electron chi connectivity index (χ0n) is 12.9. The number of β-amino-alcohol motifs (C(OH)–C–C–N with tert-alkyl or cyclic N) is 1. The summed E-state index contributed by atoms with van der Waals surface area (Å²) in [6, 6.07) is 9.68. The van der Waals surface area contributed by atoms with E-state index in [1.54, 1.807) is 0 Å². The van der Waals surface area contributed by atoms with E-state index >= 15 is 0 Å². The van der Waals surface area contributed by atoms with Crippen LogP contribution in [0.2, 0.25) is 0 Å². The van der Waals surface area contributed by atoms with Gasteiger partial charge in [-0.15, -0.1) is 11.3 Å². The van der Waals surface area contributed by atoms with Crippen LogP contribution >= 0.6 is 11.3 Å². The van der Waals surface area contributed by atoms with E-state index in [0.29, 0.717) is 18.0 Å². The van der Waals surface area contributed by atoms with Gasteiger partial charge in [-0.3, -0.25) is 9.69 Å². The molecule has 23 heavy (non-hydrogen) atoms. The van der Waals surface area contributed by atoms with Gasteiger partial charge >= 0.3 is 0 Å². The average molecular weight is 331 g/mol. The van der Waals surface area contributed by atoms with Gasteiger partial charge in [0.15, 0.2) is 0 Å². The number of rotatable bonds is 5. The number of benzene rings is 1. The van der Waals surface area contributed by atoms with Crippen LogP contribution in [0.5, 0.6) is 0 Å². The molecule has 1 unspecified atom stereocenters. The Morgan fingerprint density at radius 2 is 2.26 bits per heavy atom. The smallest absolute Gasteiger partial charge is 0.265 e. The Balaban J connectivity index is 1.64. The van der Waals surface area contributed by atoms with Gasteiger partial charge in [0.2, 0.25) is 0 Å². The summed E-state index contributed by atoms with van der Waals surface area (Å²) in [6.45, 7) is 2.86. The Hall–Kier alpha value is -1.73. The number of nitrogens with one attached hydrogen (secondary N) is 1. The molecule has 3 rings (SSSR count). The Labute approximate surface area is 139 Å². The molecule has 0 radical (unpaired) electrons. The second kappa shape index (κ2) is 7.23. The summed E-state index contributed by atoms with van der Waals surface area (Å²) in [5, 5.41) is 14.4. The highest BCUT2D eigenvalue weighted by Crippen LogP contribution is 2.19. The minimum atomic E-state index is -0.214. The molecule has 1 amide bonds. The molecule has 1 aromatic heterocycles. The number of hydrogen-bond donors (Lipinski definition) is 3. The van der Waals surface area contributed by atoms with E-state index in [-0.39, 0.29) is 12.0 Å². The molecule has 0 bridgehead atoms. The zero-order chi connectivity index (χ0) is 16.2. The van der Waals surface area contributed by atoms with Crippen molar-refractivity contribution in [3.8, 4) is 0 Å². The molecule has 1 atom stereocenters. The quantitative estimate of drug-likeness (QED) is 0.783. The minimum absolute atomic E-state index is 0.108. The van der Waals surface area contributed by atoms with Crippen molar-refractivity contribution in [3.05, 3.63) is 51.7 Å². The number of thiophene rings is 1. The summed E-state index contributed by atoms with van der Waals surface area (Å²) in [7, 11) is 0. The molecule has 2 aromatic rings. The number of nitrogens with two attached hydrogens (primary N) is 1. The number of nitrogens with zero attached hydrogens (tertiary/aromatic N) is 1. The van der Waals surface area contributed by atoms with Crippen molar-refractivity contribution in [1.29, 1.82) is 0 Å². The van der Waals surface area contributed by atoms with E-state index in [9.17, 15) is 9.90 Å². The van der Waals surface area contributed by atoms with Crippen LogP contribution in [0.4, 0.5) is 5.69 Å². The topological polar surface area (TPSA) is 78.6 Å². The highest BCUT2D eigenvalue weighted by molar-refractivity contribution is 7.12. The molecular formula is C17H21N3O2S. The van der Waals surface area contributed by atoms with Crippen LogP contribution < -0.4 is 11.1 Å². The van der Waals surface area contributed by atoms with Crippen molar-refractivity contribution in [2.45, 2.75) is 25.6 Å². The molecule has 5 nitrogen and oxygen atoms in total. The second-order valence-electron chi connectivity index (χ2n) is 5.86. The lowest BCUT2D eigenvalue weighted by atomic mass is 10.2. The molecule has 1 saturated heterocycles. The first-order chi connectivity index (χ1) is 11.1. The van der Waals surface area contributed by atoms with Crippen LogP contribution in [0.3, 0.4) is 0 Å². The first-order valence-electron chi connectivity index (χ1n) is 7.72. The van der Waals surface area contributed by atoms with Gasteiger partial charge in [0, 0.05) is 31.9 Å². The van der Waals surface area contributed by atoms with E-state index in [1.165, 1.54) is 11.3 Å². The SMILES string of the molecule is NCc1csc(C(=O)Nc2cccc(CN3CCC(O)C3)c2)c1. The van der Waals surface area contributed by atoms with Gasteiger partial charge in [-0.1, -0.05) is 12.1 Å². The van der Waals surface area contributed by atoms with E-state index in [4.69, 9.17) is 5.73 Å². The summed E-state index contributed by atoms with van der Waals surface area (Å²) in [6.07, 6.45) is 0.617. The van der Waals surface area contributed by atoms with Crippen molar-refractivity contribution in [1.82, 2.24) is 4.90 Å². The fraction of sp³-hybridized carbons (Fsp3) is 0.353. The molecule has 1 aliphatic rings. The Morgan fingerprint density at radius 3 is 2.96 bits per heavy atom. The van der Waals surface area contributed by atoms with Crippen LogP contribution in [0.25, 0.3) is 0 Å². The maximum absolute atomic E-state index is 12.3. The molecule has 0 saturated carbocycles. The highest BCUT2D eigenvalue weighted by Gasteiger charge is 2.20. The lowest BCUT2D eigenvalue weighted by Gasteiger charge is -2.15. The van der Waals surface area contributed by atoms with Crippen LogP contribution in [0.1, 0.15) is 27.2 Å². The maximum atomic E-state index is 12.3. The molecule has 0 aliphatic carbocycles. The summed E-state index contributed by atoms with van der Waals surface area (Å²) in [5.41, 5.74) is 8.47. The third-order valence-electron chi connectivity index (χ3n) is 3.95. The van der Waals surface area contributed by atoms with E-state index < -0.39 is 0 Å². The number of carbonyl (C=O) groups is 1. The monoisotopic (exact) mass is 331 g/mol. The van der Waals surface area contributed by atoms with Gasteiger partial charge in [0.05, 0.1) is 11.0 Å². The first-order valence-corrected chi connectivity index (χ1v) is 8.60. The standard InChI is InChI=1S/C17H21N3O2S/c18-8-13-7-16(23-11-13)17(22)19-14-3-1-2-12(6-14)9-20-5-4-15(21)10-20/h1-3,6-7,11,15,21H,4-5,8-10,18H2,(H,19,22). The largest absolute Gasteiger partial charge is 0.392 e. The molecule has 6 heteroatoms. The Kier molecular flexibility index (Phi) is 5.07. The summed E-state index contributed by atoms with van der Waals surface area (Å²) in [5.74, 6) is -0.108. The number of carbonyl (C=O) groups excluding carboxylic acids is 1. The molecular weight excluding hydrogens is 310 g/mol. The molecule has 4 N–H and O–H groups in total. The van der Waals surface area contributed by atoms with Crippen molar-refractivity contribution in [2.24, 2.45) is 5.73 Å². The number of aliphatic hydroxyl groups excluding tert-OH is 1. The van der Waals surface area contributed by atoms with Crippen molar-refractivity contribution < 1.29 is 9.90 Å². The lowest BCUT2D eigenvalue weighted by Crippen LogP contribution is -2.21. The van der Waals surface area contributed by atoms with Gasteiger partial charge in [-0.2, -0.15) is 0 Å². The van der Waals surface area contributed by atoms with Crippen LogP contribution in [-0.4, -0.2) is 35.1 Å². The third kappa shape index (κ3) is 4.17. The lowest BCUT2D eigenvalue weighted by molar-refractivity contribution is 0.103. The Bertz CT molecular complexity index is 686. The van der Waals surface area contributed by atoms with Crippen molar-refractivity contribution >= 4 is 22.9 Å². The zero-order valence-corrected chi connectivity index (χ0v) is 13.7. The number of amides is 1. The first kappa shape index (κ1) is 16.1. The predicted octanol–water partition coefficient (Wildman–Crippen LogP) is 2.03. The summed E-state index contributed by atoms with van der Waals surface area (Å²) >= 11 is 1.40. The normalized spacial score (nSPS) is 18.3. The molecule has 1 fully saturated rings. The number of hydrogen-bond acceptors (Lipinski definition) is 5. The van der Waals surface area contributed by atoms with Crippen LogP contribution in [-0.2, 0) is 13.1 Å². The maximum Gasteiger partial charge on any atom is 0.265 e. The molecule has 1 aromatic carbocycles.